The number of aromatic amines is 1. The highest BCUT2D eigenvalue weighted by atomic mass is 79.9. The first-order valence-electron chi connectivity index (χ1n) is 15.4. The number of hydrogen-bond acceptors (Lipinski definition) is 6. The van der Waals surface area contributed by atoms with Gasteiger partial charge in [0.2, 0.25) is 0 Å². The van der Waals surface area contributed by atoms with Crippen molar-refractivity contribution in [3.05, 3.63) is 93.9 Å². The molecule has 3 heterocycles. The van der Waals surface area contributed by atoms with Crippen LogP contribution in [0.3, 0.4) is 0 Å². The first-order valence-corrected chi connectivity index (χ1v) is 17.4. The zero-order chi connectivity index (χ0) is 32.6. The van der Waals surface area contributed by atoms with Crippen molar-refractivity contribution in [2.45, 2.75) is 39.2 Å². The van der Waals surface area contributed by atoms with E-state index in [0.29, 0.717) is 48.1 Å². The Bertz CT molecular complexity index is 1870. The Labute approximate surface area is 280 Å². The number of aromatic nitrogens is 4. The zero-order valence-electron chi connectivity index (χ0n) is 26.5. The number of ether oxygens (including phenoxy) is 1. The molecule has 1 aliphatic rings. The fraction of sp³-hybridized carbons (Fsp3) is 0.371. The molecule has 2 aromatic heterocycles. The highest BCUT2D eigenvalue weighted by molar-refractivity contribution is 9.10. The van der Waals surface area contributed by atoms with E-state index in [9.17, 15) is 0 Å². The summed E-state index contributed by atoms with van der Waals surface area (Å²) in [5.74, 6) is 2.30. The quantitative estimate of drug-likeness (QED) is 0.173. The minimum Gasteiger partial charge on any atom is -0.454 e. The number of thioether (sulfide) groups is 1. The molecule has 3 aromatic carbocycles. The van der Waals surface area contributed by atoms with E-state index >= 15 is 8.78 Å². The molecule has 11 heteroatoms. The monoisotopic (exact) mass is 708 g/mol. The molecule has 4 N–H and O–H groups in total. The van der Waals surface area contributed by atoms with Gasteiger partial charge in [-0.2, -0.15) is 16.9 Å². The molecule has 4 bridgehead atoms. The van der Waals surface area contributed by atoms with Crippen molar-refractivity contribution in [2.75, 3.05) is 24.6 Å². The van der Waals surface area contributed by atoms with E-state index in [-0.39, 0.29) is 22.6 Å². The van der Waals surface area contributed by atoms with Gasteiger partial charge < -0.3 is 20.8 Å². The van der Waals surface area contributed by atoms with Gasteiger partial charge in [0.1, 0.15) is 11.6 Å². The van der Waals surface area contributed by atoms with Crippen LogP contribution in [0.15, 0.2) is 65.3 Å². The predicted octanol–water partition coefficient (Wildman–Crippen LogP) is 7.93. The highest BCUT2D eigenvalue weighted by Crippen LogP contribution is 2.40. The van der Waals surface area contributed by atoms with Crippen LogP contribution < -0.4 is 15.8 Å². The van der Waals surface area contributed by atoms with Crippen molar-refractivity contribution < 1.29 is 13.5 Å². The van der Waals surface area contributed by atoms with Gasteiger partial charge in [-0.3, -0.25) is 0 Å². The third-order valence-electron chi connectivity index (χ3n) is 9.29. The average molecular weight is 710 g/mol. The summed E-state index contributed by atoms with van der Waals surface area (Å²) in [4.78, 5) is 8.07. The average Bonchev–Trinajstić information content (AvgIpc) is 3.65. The number of fused-ring (bicyclic) bond motifs is 8. The van der Waals surface area contributed by atoms with Crippen molar-refractivity contribution in [3.8, 4) is 22.9 Å². The molecule has 7 nitrogen and oxygen atoms in total. The molecule has 1 aliphatic heterocycles. The zero-order valence-corrected chi connectivity index (χ0v) is 28.9. The fourth-order valence-corrected chi connectivity index (χ4v) is 8.07. The lowest BCUT2D eigenvalue weighted by molar-refractivity contribution is 0.245. The van der Waals surface area contributed by atoms with Gasteiger partial charge in [0, 0.05) is 53.3 Å². The van der Waals surface area contributed by atoms with E-state index in [1.807, 2.05) is 30.0 Å². The van der Waals surface area contributed by atoms with Gasteiger partial charge in [-0.05, 0) is 84.7 Å². The number of hydrogen-bond donors (Lipinski definition) is 3. The van der Waals surface area contributed by atoms with Crippen LogP contribution in [0.1, 0.15) is 44.1 Å². The lowest BCUT2D eigenvalue weighted by Gasteiger charge is -2.34. The number of aryl methyl sites for hydroxylation is 1. The number of benzene rings is 3. The van der Waals surface area contributed by atoms with Gasteiger partial charge in [-0.1, -0.05) is 41.9 Å². The molecule has 0 amide bonds. The molecule has 6 rings (SSSR count). The maximum Gasteiger partial charge on any atom is 0.168 e. The number of halogens is 3. The van der Waals surface area contributed by atoms with Crippen LogP contribution in [0.2, 0.25) is 0 Å². The standard InChI is InChI=1S/C35H39BrF2N6OS/c1-34(2)20-46-13-11-35(3,21-6-5-7-23(36)14-21)33-42-32(44(4)43-33)26-15-24(8-9-28(26)37)45-31-27(19-40-18-22(34)17-39)25-10-12-41-30(25)16-29(31)38/h5-10,12,14-16,22,40-41H,11,13,17-20,39H2,1-4H3. The van der Waals surface area contributed by atoms with Crippen LogP contribution in [0.25, 0.3) is 22.3 Å². The third-order valence-corrected chi connectivity index (χ3v) is 11.2. The molecule has 2 atom stereocenters. The second-order valence-corrected chi connectivity index (χ2v) is 14.9. The molecule has 0 spiro atoms. The summed E-state index contributed by atoms with van der Waals surface area (Å²) in [6, 6.07) is 15.9. The van der Waals surface area contributed by atoms with Gasteiger partial charge in [-0.25, -0.2) is 18.4 Å². The maximum atomic E-state index is 15.7. The summed E-state index contributed by atoms with van der Waals surface area (Å²) in [6.45, 7) is 8.19. The van der Waals surface area contributed by atoms with Crippen molar-refractivity contribution in [2.24, 2.45) is 24.1 Å². The lowest BCUT2D eigenvalue weighted by Crippen LogP contribution is -2.40. The van der Waals surface area contributed by atoms with Gasteiger partial charge >= 0.3 is 0 Å². The molecule has 5 aromatic rings. The highest BCUT2D eigenvalue weighted by Gasteiger charge is 2.35. The smallest absolute Gasteiger partial charge is 0.168 e. The number of nitrogens with zero attached hydrogens (tertiary/aromatic N) is 3. The Morgan fingerprint density at radius 2 is 1.93 bits per heavy atom. The first-order chi connectivity index (χ1) is 22.0. The number of H-pyrrole nitrogens is 1. The largest absolute Gasteiger partial charge is 0.454 e. The Balaban J connectivity index is 1.49. The minimum absolute atomic E-state index is 0.0702. The fourth-order valence-electron chi connectivity index (χ4n) is 6.22. The Hall–Kier alpha value is -3.25. The summed E-state index contributed by atoms with van der Waals surface area (Å²) in [6.07, 6.45) is 2.55. The van der Waals surface area contributed by atoms with E-state index in [1.54, 1.807) is 24.0 Å². The van der Waals surface area contributed by atoms with Crippen LogP contribution >= 0.6 is 27.7 Å². The van der Waals surface area contributed by atoms with Gasteiger partial charge in [0.25, 0.3) is 0 Å². The summed E-state index contributed by atoms with van der Waals surface area (Å²) in [7, 11) is 1.76. The van der Waals surface area contributed by atoms with Gasteiger partial charge in [0.15, 0.2) is 23.2 Å². The van der Waals surface area contributed by atoms with Gasteiger partial charge in [-0.15, -0.1) is 0 Å². The molecule has 242 valence electrons. The van der Waals surface area contributed by atoms with Crippen LogP contribution in [0, 0.1) is 23.0 Å². The Morgan fingerprint density at radius 3 is 2.72 bits per heavy atom. The SMILES string of the molecule is Cn1nc2nc1-c1cc(ccc1F)Oc1c(F)cc3[nH]ccc3c1CNCC(CN)C(C)(C)CSCCC2(C)c1cccc(Br)c1. The van der Waals surface area contributed by atoms with Crippen LogP contribution in [-0.2, 0) is 19.0 Å². The van der Waals surface area contributed by atoms with E-state index < -0.39 is 17.0 Å². The van der Waals surface area contributed by atoms with Crippen molar-refractivity contribution in [1.29, 1.82) is 0 Å². The van der Waals surface area contributed by atoms with Crippen LogP contribution in [0.4, 0.5) is 8.78 Å². The second kappa shape index (κ2) is 13.1. The molecule has 0 saturated heterocycles. The predicted molar refractivity (Wildman–Crippen MR) is 185 cm³/mol. The van der Waals surface area contributed by atoms with Crippen molar-refractivity contribution >= 4 is 38.6 Å². The summed E-state index contributed by atoms with van der Waals surface area (Å²) in [5.41, 5.74) is 8.34. The summed E-state index contributed by atoms with van der Waals surface area (Å²) < 4.78 is 40.0. The Morgan fingerprint density at radius 1 is 1.11 bits per heavy atom. The molecular formula is C35H39BrF2N6OS. The molecule has 0 aliphatic carbocycles. The minimum atomic E-state index is -0.552. The van der Waals surface area contributed by atoms with Crippen LogP contribution in [-0.4, -0.2) is 44.3 Å². The topological polar surface area (TPSA) is 93.8 Å². The number of rotatable bonds is 2. The molecule has 2 unspecified atom stereocenters. The molecule has 0 saturated carbocycles. The second-order valence-electron chi connectivity index (χ2n) is 12.9. The third kappa shape index (κ3) is 6.34. The molecular weight excluding hydrogens is 670 g/mol. The molecule has 46 heavy (non-hydrogen) atoms. The summed E-state index contributed by atoms with van der Waals surface area (Å²) >= 11 is 5.52. The first kappa shape index (κ1) is 32.7. The van der Waals surface area contributed by atoms with E-state index in [1.165, 1.54) is 18.2 Å². The van der Waals surface area contributed by atoms with Crippen molar-refractivity contribution in [3.63, 3.8) is 0 Å². The Kier molecular flexibility index (Phi) is 9.31. The van der Waals surface area contributed by atoms with E-state index in [0.717, 1.165) is 33.3 Å². The normalized spacial score (nSPS) is 20.7. The van der Waals surface area contributed by atoms with Crippen molar-refractivity contribution in [1.82, 2.24) is 25.1 Å². The summed E-state index contributed by atoms with van der Waals surface area (Å²) in [5, 5.41) is 9.25. The van der Waals surface area contributed by atoms with E-state index in [2.05, 4.69) is 59.1 Å². The lowest BCUT2D eigenvalue weighted by atomic mass is 9.79. The van der Waals surface area contributed by atoms with E-state index in [4.69, 9.17) is 20.6 Å². The molecule has 0 radical (unpaired) electrons. The molecule has 0 fully saturated rings. The number of nitrogens with two attached hydrogens (primary N) is 1. The maximum absolute atomic E-state index is 15.7. The van der Waals surface area contributed by atoms with Gasteiger partial charge in [0.05, 0.1) is 11.0 Å². The van der Waals surface area contributed by atoms with Crippen LogP contribution in [0.5, 0.6) is 11.5 Å². The number of nitrogens with one attached hydrogen (secondary N) is 2.